The lowest BCUT2D eigenvalue weighted by Gasteiger charge is -2.10. The van der Waals surface area contributed by atoms with Crippen LogP contribution in [0.25, 0.3) is 27.3 Å². The van der Waals surface area contributed by atoms with Crippen molar-refractivity contribution >= 4 is 28.4 Å². The molecular weight excluding hydrogens is 395 g/mol. The van der Waals surface area contributed by atoms with Gasteiger partial charge in [-0.15, -0.1) is 0 Å². The van der Waals surface area contributed by atoms with Crippen LogP contribution in [-0.2, 0) is 6.18 Å². The molecule has 4 heterocycles. The average Bonchev–Trinajstić information content (AvgIpc) is 2.73. The normalized spacial score (nSPS) is 11.3. The Hall–Kier alpha value is -4.13. The van der Waals surface area contributed by atoms with Crippen molar-refractivity contribution in [3.05, 3.63) is 71.6 Å². The van der Waals surface area contributed by atoms with Gasteiger partial charge in [0, 0.05) is 30.2 Å². The lowest BCUT2D eigenvalue weighted by Crippen LogP contribution is -2.07. The standard InChI is InChI=1S/C20H12F3N7/c1-11-7-13(24-2)10-26-17(11)16-4-3-14-15(5-6-25-18(14)29-16)30-19-27-8-12(9-28-19)20(21,22)23/h3-10H,1H3,(H,25,27,28,29,30). The van der Waals surface area contributed by atoms with E-state index in [4.69, 9.17) is 6.57 Å². The summed E-state index contributed by atoms with van der Waals surface area (Å²) in [6, 6.07) is 6.92. The van der Waals surface area contributed by atoms with Gasteiger partial charge in [0.2, 0.25) is 11.6 Å². The molecule has 0 unspecified atom stereocenters. The third-order valence-corrected chi connectivity index (χ3v) is 4.26. The Morgan fingerprint density at radius 3 is 2.43 bits per heavy atom. The fraction of sp³-hybridized carbons (Fsp3) is 0.100. The third-order valence-electron chi connectivity index (χ3n) is 4.26. The zero-order valence-electron chi connectivity index (χ0n) is 15.4. The molecule has 4 rings (SSSR count). The summed E-state index contributed by atoms with van der Waals surface area (Å²) in [5.41, 5.74) is 2.52. The maximum atomic E-state index is 12.7. The Bertz CT molecular complexity index is 1280. The Kier molecular flexibility index (Phi) is 4.71. The van der Waals surface area contributed by atoms with Crippen LogP contribution in [0.3, 0.4) is 0 Å². The number of fused-ring (bicyclic) bond motifs is 1. The lowest BCUT2D eigenvalue weighted by atomic mass is 10.1. The van der Waals surface area contributed by atoms with Gasteiger partial charge < -0.3 is 5.32 Å². The van der Waals surface area contributed by atoms with Crippen LogP contribution in [-0.4, -0.2) is 24.9 Å². The monoisotopic (exact) mass is 407 g/mol. The number of nitrogens with one attached hydrogen (secondary N) is 1. The predicted molar refractivity (Wildman–Crippen MR) is 104 cm³/mol. The highest BCUT2D eigenvalue weighted by molar-refractivity contribution is 5.91. The Morgan fingerprint density at radius 1 is 1.00 bits per heavy atom. The number of halogens is 3. The molecule has 0 atom stereocenters. The van der Waals surface area contributed by atoms with Crippen molar-refractivity contribution in [2.75, 3.05) is 5.32 Å². The molecule has 0 aliphatic carbocycles. The van der Waals surface area contributed by atoms with Gasteiger partial charge in [-0.3, -0.25) is 4.98 Å². The number of alkyl halides is 3. The molecule has 0 fully saturated rings. The number of hydrogen-bond acceptors (Lipinski definition) is 6. The minimum absolute atomic E-state index is 0.0202. The summed E-state index contributed by atoms with van der Waals surface area (Å²) in [5, 5.41) is 3.53. The van der Waals surface area contributed by atoms with Gasteiger partial charge in [-0.1, -0.05) is 0 Å². The SMILES string of the molecule is [C-]#[N+]c1cnc(-c2ccc3c(Nc4ncc(C(F)(F)F)cn4)ccnc3n2)c(C)c1. The zero-order valence-corrected chi connectivity index (χ0v) is 15.4. The molecule has 0 amide bonds. The van der Waals surface area contributed by atoms with E-state index >= 15 is 0 Å². The van der Waals surface area contributed by atoms with Crippen molar-refractivity contribution in [1.29, 1.82) is 0 Å². The molecule has 0 saturated carbocycles. The summed E-state index contributed by atoms with van der Waals surface area (Å²) in [4.78, 5) is 23.9. The molecule has 30 heavy (non-hydrogen) atoms. The Morgan fingerprint density at radius 2 is 1.77 bits per heavy atom. The van der Waals surface area contributed by atoms with Crippen LogP contribution >= 0.6 is 0 Å². The van der Waals surface area contributed by atoms with E-state index in [9.17, 15) is 13.2 Å². The number of pyridine rings is 3. The van der Waals surface area contributed by atoms with Crippen LogP contribution in [0, 0.1) is 13.5 Å². The highest BCUT2D eigenvalue weighted by Gasteiger charge is 2.31. The summed E-state index contributed by atoms with van der Waals surface area (Å²) < 4.78 is 38.0. The fourth-order valence-electron chi connectivity index (χ4n) is 2.82. The molecule has 4 aromatic rings. The van der Waals surface area contributed by atoms with E-state index in [2.05, 4.69) is 35.1 Å². The second-order valence-electron chi connectivity index (χ2n) is 6.32. The number of aryl methyl sites for hydroxylation is 1. The van der Waals surface area contributed by atoms with Crippen LogP contribution in [0.1, 0.15) is 11.1 Å². The van der Waals surface area contributed by atoms with E-state index < -0.39 is 11.7 Å². The maximum Gasteiger partial charge on any atom is 0.419 e. The van der Waals surface area contributed by atoms with Gasteiger partial charge in [-0.05, 0) is 36.8 Å². The molecule has 10 heteroatoms. The summed E-state index contributed by atoms with van der Waals surface area (Å²) in [6.45, 7) is 8.91. The average molecular weight is 407 g/mol. The number of nitrogens with zero attached hydrogens (tertiary/aromatic N) is 6. The number of anilines is 2. The van der Waals surface area contributed by atoms with Gasteiger partial charge in [0.05, 0.1) is 29.2 Å². The lowest BCUT2D eigenvalue weighted by molar-refractivity contribution is -0.138. The number of aromatic nitrogens is 5. The molecule has 148 valence electrons. The van der Waals surface area contributed by atoms with Gasteiger partial charge in [0.25, 0.3) is 0 Å². The van der Waals surface area contributed by atoms with Crippen LogP contribution < -0.4 is 5.32 Å². The van der Waals surface area contributed by atoms with Gasteiger partial charge in [-0.25, -0.2) is 24.8 Å². The van der Waals surface area contributed by atoms with Crippen LogP contribution in [0.2, 0.25) is 0 Å². The Balaban J connectivity index is 1.67. The molecule has 0 saturated heterocycles. The molecule has 0 bridgehead atoms. The van der Waals surface area contributed by atoms with Gasteiger partial charge >= 0.3 is 6.18 Å². The zero-order chi connectivity index (χ0) is 21.3. The quantitative estimate of drug-likeness (QED) is 0.476. The minimum atomic E-state index is -4.50. The van der Waals surface area contributed by atoms with Gasteiger partial charge in [0.1, 0.15) is 0 Å². The van der Waals surface area contributed by atoms with Gasteiger partial charge in [0.15, 0.2) is 5.65 Å². The van der Waals surface area contributed by atoms with Crippen molar-refractivity contribution in [3.63, 3.8) is 0 Å². The van der Waals surface area contributed by atoms with E-state index in [0.717, 1.165) is 18.0 Å². The van der Waals surface area contributed by atoms with Crippen molar-refractivity contribution in [2.24, 2.45) is 0 Å². The molecule has 0 radical (unpaired) electrons. The van der Waals surface area contributed by atoms with E-state index in [0.29, 0.717) is 33.8 Å². The molecule has 4 aromatic heterocycles. The van der Waals surface area contributed by atoms with E-state index in [1.807, 2.05) is 6.92 Å². The van der Waals surface area contributed by atoms with Gasteiger partial charge in [-0.2, -0.15) is 13.2 Å². The molecule has 0 aliphatic heterocycles. The van der Waals surface area contributed by atoms with E-state index in [1.165, 1.54) is 12.4 Å². The molecular formula is C20H12F3N7. The van der Waals surface area contributed by atoms with Crippen molar-refractivity contribution in [2.45, 2.75) is 13.1 Å². The Labute approximate surface area is 168 Å². The second kappa shape index (κ2) is 7.36. The van der Waals surface area contributed by atoms with Crippen LogP contribution in [0.4, 0.5) is 30.5 Å². The molecule has 7 nitrogen and oxygen atoms in total. The first-order valence-electron chi connectivity index (χ1n) is 8.61. The largest absolute Gasteiger partial charge is 0.419 e. The second-order valence-corrected chi connectivity index (χ2v) is 6.32. The summed E-state index contributed by atoms with van der Waals surface area (Å²) in [6.07, 6.45) is -0.0591. The summed E-state index contributed by atoms with van der Waals surface area (Å²) >= 11 is 0. The van der Waals surface area contributed by atoms with Crippen molar-refractivity contribution in [1.82, 2.24) is 24.9 Å². The molecule has 0 spiro atoms. The molecule has 1 N–H and O–H groups in total. The first-order chi connectivity index (χ1) is 14.3. The van der Waals surface area contributed by atoms with Crippen molar-refractivity contribution < 1.29 is 13.2 Å². The fourth-order valence-corrected chi connectivity index (χ4v) is 2.82. The number of rotatable bonds is 3. The highest BCUT2D eigenvalue weighted by atomic mass is 19.4. The van der Waals surface area contributed by atoms with E-state index in [1.54, 1.807) is 24.3 Å². The van der Waals surface area contributed by atoms with Crippen LogP contribution in [0.15, 0.2) is 49.1 Å². The minimum Gasteiger partial charge on any atom is -0.323 e. The molecule has 0 aliphatic rings. The molecule has 0 aromatic carbocycles. The van der Waals surface area contributed by atoms with Crippen molar-refractivity contribution in [3.8, 4) is 11.4 Å². The van der Waals surface area contributed by atoms with Crippen LogP contribution in [0.5, 0.6) is 0 Å². The number of hydrogen-bond donors (Lipinski definition) is 1. The maximum absolute atomic E-state index is 12.7. The predicted octanol–water partition coefficient (Wildman–Crippen LogP) is 5.10. The highest BCUT2D eigenvalue weighted by Crippen LogP contribution is 2.30. The summed E-state index contributed by atoms with van der Waals surface area (Å²) in [5.74, 6) is 0.0202. The first kappa shape index (κ1) is 19.2. The first-order valence-corrected chi connectivity index (χ1v) is 8.61. The topological polar surface area (TPSA) is 80.8 Å². The third kappa shape index (κ3) is 3.73. The van der Waals surface area contributed by atoms with E-state index in [-0.39, 0.29) is 5.95 Å². The summed E-state index contributed by atoms with van der Waals surface area (Å²) in [7, 11) is 0. The smallest absolute Gasteiger partial charge is 0.323 e.